The number of H-pyrrole nitrogens is 1. The number of benzene rings is 2. The monoisotopic (exact) mass is 403 g/mol. The summed E-state index contributed by atoms with van der Waals surface area (Å²) < 4.78 is 0. The minimum Gasteiger partial charge on any atom is -0.360 e. The molecule has 5 nitrogen and oxygen atoms in total. The second-order valence-corrected chi connectivity index (χ2v) is 8.32. The van der Waals surface area contributed by atoms with Crippen LogP contribution < -0.4 is 15.4 Å². The van der Waals surface area contributed by atoms with Gasteiger partial charge in [-0.05, 0) is 17.7 Å². The zero-order valence-electron chi connectivity index (χ0n) is 16.1. The van der Waals surface area contributed by atoms with Gasteiger partial charge in [0.1, 0.15) is 11.4 Å². The molecule has 1 aliphatic rings. The highest BCUT2D eigenvalue weighted by atomic mass is 32.1. The van der Waals surface area contributed by atoms with E-state index in [1.807, 2.05) is 35.7 Å². The molecule has 6 heteroatoms. The van der Waals surface area contributed by atoms with Gasteiger partial charge in [0.2, 0.25) is 0 Å². The number of thiophene rings is 1. The van der Waals surface area contributed by atoms with E-state index in [-0.39, 0.29) is 5.56 Å². The van der Waals surface area contributed by atoms with E-state index in [1.54, 1.807) is 11.3 Å². The lowest BCUT2D eigenvalue weighted by Crippen LogP contribution is -3.13. The molecule has 5 rings (SSSR count). The van der Waals surface area contributed by atoms with E-state index in [1.165, 1.54) is 10.6 Å². The molecule has 1 saturated heterocycles. The molecule has 4 aromatic rings. The van der Waals surface area contributed by atoms with Gasteiger partial charge in [0.25, 0.3) is 5.56 Å². The zero-order valence-corrected chi connectivity index (χ0v) is 16.9. The average molecular weight is 404 g/mol. The largest absolute Gasteiger partial charge is 0.360 e. The number of aromatic amines is 1. The quantitative estimate of drug-likeness (QED) is 0.551. The van der Waals surface area contributed by atoms with Crippen LogP contribution in [0.15, 0.2) is 70.8 Å². The number of fused-ring (bicyclic) bond motifs is 1. The van der Waals surface area contributed by atoms with Crippen LogP contribution in [0.4, 0.5) is 5.69 Å². The molecule has 1 aliphatic heterocycles. The van der Waals surface area contributed by atoms with Gasteiger partial charge in [-0.15, -0.1) is 11.3 Å². The molecular formula is C23H23N4OS+. The second kappa shape index (κ2) is 7.81. The van der Waals surface area contributed by atoms with Crippen LogP contribution in [-0.2, 0) is 6.54 Å². The molecule has 0 saturated carbocycles. The van der Waals surface area contributed by atoms with Crippen molar-refractivity contribution < 1.29 is 4.90 Å². The number of aromatic nitrogens is 2. The van der Waals surface area contributed by atoms with Crippen LogP contribution in [0.1, 0.15) is 5.82 Å². The number of nitrogens with zero attached hydrogens (tertiary/aromatic N) is 2. The molecule has 0 amide bonds. The van der Waals surface area contributed by atoms with Gasteiger partial charge in [-0.2, -0.15) is 0 Å². The summed E-state index contributed by atoms with van der Waals surface area (Å²) in [5.74, 6) is 0.784. The molecule has 0 radical (unpaired) electrons. The Kier molecular flexibility index (Phi) is 4.87. The number of hydrogen-bond donors (Lipinski definition) is 2. The number of hydrogen-bond acceptors (Lipinski definition) is 4. The van der Waals surface area contributed by atoms with Gasteiger partial charge in [-0.25, -0.2) is 4.98 Å². The number of quaternary nitrogens is 1. The summed E-state index contributed by atoms with van der Waals surface area (Å²) in [7, 11) is 0. The Bertz CT molecular complexity index is 1160. The first kappa shape index (κ1) is 18.1. The lowest BCUT2D eigenvalue weighted by Gasteiger charge is -2.33. The predicted molar refractivity (Wildman–Crippen MR) is 119 cm³/mol. The van der Waals surface area contributed by atoms with Crippen molar-refractivity contribution in [1.29, 1.82) is 0 Å². The van der Waals surface area contributed by atoms with E-state index in [2.05, 4.69) is 40.2 Å². The molecule has 0 aliphatic carbocycles. The van der Waals surface area contributed by atoms with Crippen LogP contribution in [-0.4, -0.2) is 36.1 Å². The molecule has 2 aromatic heterocycles. The predicted octanol–water partition coefficient (Wildman–Crippen LogP) is 2.56. The van der Waals surface area contributed by atoms with Gasteiger partial charge in [0.15, 0.2) is 5.82 Å². The Morgan fingerprint density at radius 2 is 1.69 bits per heavy atom. The van der Waals surface area contributed by atoms with Crippen LogP contribution in [0.3, 0.4) is 0 Å². The third-order valence-corrected chi connectivity index (χ3v) is 6.46. The number of rotatable bonds is 4. The third-order valence-electron chi connectivity index (χ3n) is 5.59. The maximum atomic E-state index is 12.8. The van der Waals surface area contributed by atoms with Gasteiger partial charge in [-0.3, -0.25) is 4.79 Å². The molecule has 146 valence electrons. The van der Waals surface area contributed by atoms with Crippen LogP contribution >= 0.6 is 11.3 Å². The molecule has 0 bridgehead atoms. The van der Waals surface area contributed by atoms with Crippen molar-refractivity contribution in [3.05, 3.63) is 82.2 Å². The van der Waals surface area contributed by atoms with Crippen LogP contribution in [0.2, 0.25) is 0 Å². The minimum atomic E-state index is -0.0348. The third kappa shape index (κ3) is 3.69. The Hall–Kier alpha value is -2.96. The van der Waals surface area contributed by atoms with Crippen LogP contribution in [0.25, 0.3) is 21.3 Å². The smallest absolute Gasteiger partial charge is 0.260 e. The summed E-state index contributed by atoms with van der Waals surface area (Å²) in [5, 5.41) is 2.74. The molecule has 1 fully saturated rings. The first-order valence-corrected chi connectivity index (χ1v) is 10.9. The maximum absolute atomic E-state index is 12.8. The lowest BCUT2D eigenvalue weighted by atomic mass is 10.1. The van der Waals surface area contributed by atoms with Crippen molar-refractivity contribution in [2.24, 2.45) is 0 Å². The van der Waals surface area contributed by atoms with E-state index in [4.69, 9.17) is 4.98 Å². The van der Waals surface area contributed by atoms with Gasteiger partial charge in [0.05, 0.1) is 31.6 Å². The fourth-order valence-electron chi connectivity index (χ4n) is 4.04. The molecule has 0 unspecified atom stereocenters. The lowest BCUT2D eigenvalue weighted by molar-refractivity contribution is -0.915. The number of piperazine rings is 1. The molecule has 0 atom stereocenters. The SMILES string of the molecule is O=c1[nH]c(C[NH+]2CCN(c3ccccc3)CC2)nc2scc(-c3ccccc3)c12. The molecule has 29 heavy (non-hydrogen) atoms. The molecular weight excluding hydrogens is 380 g/mol. The van der Waals surface area contributed by atoms with Crippen molar-refractivity contribution in [1.82, 2.24) is 9.97 Å². The number of anilines is 1. The van der Waals surface area contributed by atoms with Gasteiger partial charge in [-0.1, -0.05) is 48.5 Å². The number of para-hydroxylation sites is 1. The Labute approximate surface area is 173 Å². The molecule has 3 heterocycles. The van der Waals surface area contributed by atoms with Crippen molar-refractivity contribution in [2.75, 3.05) is 31.1 Å². The van der Waals surface area contributed by atoms with E-state index >= 15 is 0 Å². The molecule has 2 N–H and O–H groups in total. The normalized spacial score (nSPS) is 15.1. The van der Waals surface area contributed by atoms with Crippen LogP contribution in [0, 0.1) is 0 Å². The fraction of sp³-hybridized carbons (Fsp3) is 0.217. The average Bonchev–Trinajstić information content (AvgIpc) is 3.20. The summed E-state index contributed by atoms with van der Waals surface area (Å²) >= 11 is 1.55. The van der Waals surface area contributed by atoms with E-state index < -0.39 is 0 Å². The first-order chi connectivity index (χ1) is 14.3. The first-order valence-electron chi connectivity index (χ1n) is 9.97. The summed E-state index contributed by atoms with van der Waals surface area (Å²) in [6, 6.07) is 20.6. The second-order valence-electron chi connectivity index (χ2n) is 7.46. The highest BCUT2D eigenvalue weighted by Crippen LogP contribution is 2.30. The standard InChI is InChI=1S/C23H22N4OS/c28-22-21-19(17-7-3-1-4-8-17)16-29-23(21)25-20(24-22)15-26-11-13-27(14-12-26)18-9-5-2-6-10-18/h1-10,16H,11-15H2,(H,24,25,28)/p+1. The highest BCUT2D eigenvalue weighted by molar-refractivity contribution is 7.17. The minimum absolute atomic E-state index is 0.0348. The summed E-state index contributed by atoms with van der Waals surface area (Å²) in [4.78, 5) is 25.4. The van der Waals surface area contributed by atoms with Crippen molar-refractivity contribution >= 4 is 27.2 Å². The maximum Gasteiger partial charge on any atom is 0.260 e. The summed E-state index contributed by atoms with van der Waals surface area (Å²) in [6.45, 7) is 4.87. The topological polar surface area (TPSA) is 53.4 Å². The van der Waals surface area contributed by atoms with Gasteiger partial charge in [0, 0.05) is 16.6 Å². The summed E-state index contributed by atoms with van der Waals surface area (Å²) in [5.41, 5.74) is 3.27. The Balaban J connectivity index is 1.33. The Morgan fingerprint density at radius 1 is 1.00 bits per heavy atom. The van der Waals surface area contributed by atoms with E-state index in [0.29, 0.717) is 5.39 Å². The fourth-order valence-corrected chi connectivity index (χ4v) is 5.01. The van der Waals surface area contributed by atoms with Gasteiger partial charge >= 0.3 is 0 Å². The van der Waals surface area contributed by atoms with E-state index in [9.17, 15) is 4.79 Å². The van der Waals surface area contributed by atoms with Crippen LogP contribution in [0.5, 0.6) is 0 Å². The number of nitrogens with one attached hydrogen (secondary N) is 2. The van der Waals surface area contributed by atoms with Gasteiger partial charge < -0.3 is 14.8 Å². The molecule has 0 spiro atoms. The van der Waals surface area contributed by atoms with Crippen molar-refractivity contribution in [3.8, 4) is 11.1 Å². The molecule has 2 aromatic carbocycles. The van der Waals surface area contributed by atoms with Crippen molar-refractivity contribution in [2.45, 2.75) is 6.54 Å². The van der Waals surface area contributed by atoms with Crippen molar-refractivity contribution in [3.63, 3.8) is 0 Å². The summed E-state index contributed by atoms with van der Waals surface area (Å²) in [6.07, 6.45) is 0. The van der Waals surface area contributed by atoms with E-state index in [0.717, 1.165) is 54.5 Å². The Morgan fingerprint density at radius 3 is 2.41 bits per heavy atom. The zero-order chi connectivity index (χ0) is 19.6. The highest BCUT2D eigenvalue weighted by Gasteiger charge is 2.22.